The van der Waals surface area contributed by atoms with Crippen molar-refractivity contribution in [3.05, 3.63) is 79.5 Å². The molecule has 8 rings (SSSR count). The topological polar surface area (TPSA) is 295 Å². The normalized spacial score (nSPS) is 29.7. The number of allylic oxidation sites excluding steroid dienone is 2. The Morgan fingerprint density at radius 2 is 1.68 bits per heavy atom. The van der Waals surface area contributed by atoms with Crippen molar-refractivity contribution in [1.29, 1.82) is 0 Å². The second-order valence-electron chi connectivity index (χ2n) is 19.4. The number of aromatic nitrogens is 1. The molecule has 0 aliphatic carbocycles. The number of amides is 1. The molecular weight excluding hydrogens is 919 g/mol. The summed E-state index contributed by atoms with van der Waals surface area (Å²) in [6, 6.07) is 0.985. The minimum absolute atomic E-state index is 0.0251. The maximum absolute atomic E-state index is 15.0. The summed E-state index contributed by atoms with van der Waals surface area (Å²) in [6.45, 7) is 12.5. The number of likely N-dealkylation sites (tertiary alicyclic amines) is 1. The maximum atomic E-state index is 15.0. The molecule has 3 aromatic carbocycles. The Hall–Kier alpha value is -6.13. The fourth-order valence-corrected chi connectivity index (χ4v) is 10.5. The number of carbonyl (C=O) groups is 2. The summed E-state index contributed by atoms with van der Waals surface area (Å²) in [4.78, 5) is 65.3. The zero-order valence-electron chi connectivity index (χ0n) is 41.1. The molecule has 2 fully saturated rings. The number of esters is 1. The zero-order valence-corrected chi connectivity index (χ0v) is 41.1. The van der Waals surface area contributed by atoms with Crippen LogP contribution in [0.15, 0.2) is 62.3 Å². The first-order valence-electron chi connectivity index (χ1n) is 24.1. The molecule has 4 aromatic rings. The third-order valence-electron chi connectivity index (χ3n) is 14.7. The smallest absolute Gasteiger partial charge is 0.302 e. The lowest BCUT2D eigenvalue weighted by Gasteiger charge is -2.40. The van der Waals surface area contributed by atoms with Gasteiger partial charge in [0.1, 0.15) is 34.5 Å². The summed E-state index contributed by atoms with van der Waals surface area (Å²) < 4.78 is 30.6. The highest BCUT2D eigenvalue weighted by Gasteiger charge is 2.44. The zero-order chi connectivity index (χ0) is 51.2. The third kappa shape index (κ3) is 9.57. The van der Waals surface area contributed by atoms with Gasteiger partial charge in [-0.2, -0.15) is 0 Å². The Kier molecular flexibility index (Phi) is 14.8. The van der Waals surface area contributed by atoms with E-state index in [-0.39, 0.29) is 66.5 Å². The fraction of sp³-hybridized carbons (Fsp3) is 0.510. The van der Waals surface area contributed by atoms with E-state index in [9.17, 15) is 34.9 Å². The van der Waals surface area contributed by atoms with Crippen LogP contribution in [0.2, 0.25) is 0 Å². The maximum Gasteiger partial charge on any atom is 0.302 e. The first kappa shape index (κ1) is 51.2. The van der Waals surface area contributed by atoms with Gasteiger partial charge in [0, 0.05) is 86.3 Å². The number of nitrogens with two attached hydrogens (primary N) is 2. The van der Waals surface area contributed by atoms with E-state index in [0.29, 0.717) is 24.8 Å². The number of aliphatic hydroxyl groups is 2. The molecule has 9 atom stereocenters. The van der Waals surface area contributed by atoms with E-state index in [0.717, 1.165) is 25.9 Å². The van der Waals surface area contributed by atoms with Gasteiger partial charge in [-0.3, -0.25) is 29.9 Å². The molecule has 382 valence electrons. The number of fused-ring (bicyclic) bond motifs is 2. The molecule has 20 heteroatoms. The molecule has 0 saturated carbocycles. The second-order valence-corrected chi connectivity index (χ2v) is 19.4. The van der Waals surface area contributed by atoms with Crippen LogP contribution < -0.4 is 48.0 Å². The van der Waals surface area contributed by atoms with Crippen molar-refractivity contribution in [3.63, 3.8) is 0 Å². The van der Waals surface area contributed by atoms with E-state index in [1.54, 1.807) is 26.0 Å². The predicted octanol–water partition coefficient (Wildman–Crippen LogP) is 2.82. The molecular formula is C51H65N7O13. The number of hydroxylamine groups is 1. The summed E-state index contributed by atoms with van der Waals surface area (Å²) in [5.41, 5.74) is 13.6. The van der Waals surface area contributed by atoms with E-state index in [1.165, 1.54) is 84.6 Å². The summed E-state index contributed by atoms with van der Waals surface area (Å²) in [5, 5.41) is 47.9. The lowest BCUT2D eigenvalue weighted by atomic mass is 9.84. The number of anilines is 2. The number of phenols is 1. The average Bonchev–Trinajstić information content (AvgIpc) is 3.66. The summed E-state index contributed by atoms with van der Waals surface area (Å²) >= 11 is 0. The second kappa shape index (κ2) is 20.5. The van der Waals surface area contributed by atoms with Gasteiger partial charge in [0.15, 0.2) is 16.7 Å². The number of benzene rings is 3. The van der Waals surface area contributed by atoms with Gasteiger partial charge in [0.05, 0.1) is 47.3 Å². The highest BCUT2D eigenvalue weighted by Crippen LogP contribution is 2.42. The molecule has 0 unspecified atom stereocenters. The van der Waals surface area contributed by atoms with Crippen molar-refractivity contribution < 1.29 is 53.5 Å². The Morgan fingerprint density at radius 1 is 0.972 bits per heavy atom. The Morgan fingerprint density at radius 3 is 2.34 bits per heavy atom. The van der Waals surface area contributed by atoms with Gasteiger partial charge in [0.2, 0.25) is 10.9 Å². The highest BCUT2D eigenvalue weighted by atomic mass is 16.7. The van der Waals surface area contributed by atoms with E-state index in [4.69, 9.17) is 39.8 Å². The van der Waals surface area contributed by atoms with Gasteiger partial charge in [-0.05, 0) is 58.7 Å². The molecule has 5 heterocycles. The fourth-order valence-electron chi connectivity index (χ4n) is 10.5. The van der Waals surface area contributed by atoms with Gasteiger partial charge in [-0.1, -0.05) is 38.5 Å². The van der Waals surface area contributed by atoms with Crippen LogP contribution in [-0.2, 0) is 23.8 Å². The largest absolute Gasteiger partial charge is 0.507 e. The monoisotopic (exact) mass is 983 g/mol. The number of carbonyl (C=O) groups excluding carboxylic acids is 2. The minimum Gasteiger partial charge on any atom is -0.507 e. The van der Waals surface area contributed by atoms with E-state index < -0.39 is 82.6 Å². The van der Waals surface area contributed by atoms with Crippen molar-refractivity contribution in [2.75, 3.05) is 43.5 Å². The highest BCUT2D eigenvalue weighted by molar-refractivity contribution is 6.17. The number of hydrogen-bond acceptors (Lipinski definition) is 19. The number of aromatic hydroxyl groups is 1. The number of nitrogens with zero attached hydrogens (tertiary/aromatic N) is 3. The summed E-state index contributed by atoms with van der Waals surface area (Å²) in [7, 11) is 1.39. The summed E-state index contributed by atoms with van der Waals surface area (Å²) in [5.74, 6) is -5.45. The SMILES string of the molecule is CO[C@H]1C=CO[C@@]2(C)Oc3c(C)c(O)c4c(=O)c(c5oc6cc(N7CCC(N8CCCCC8)CC7)cc(=O)c6nc5c4c3=C2NO)NC(=O)/C(C)=C\C=C\[C@H](C)[C@H](O)[C@@H](N)[C@@H](O)[C@@H](N)[C@H](OC(C)=O)[C@@H]1C. The molecule has 4 aliphatic rings. The van der Waals surface area contributed by atoms with Crippen LogP contribution in [0, 0.1) is 18.8 Å². The van der Waals surface area contributed by atoms with Gasteiger partial charge in [0.25, 0.3) is 11.7 Å². The molecule has 2 saturated heterocycles. The number of ether oxygens (including phenoxy) is 4. The predicted molar refractivity (Wildman–Crippen MR) is 266 cm³/mol. The first-order chi connectivity index (χ1) is 33.8. The molecule has 71 heavy (non-hydrogen) atoms. The Labute approximate surface area is 409 Å². The standard InChI is InChI=1S/C51H65N7O13/c1-24-12-11-13-25(2)50(65)55-41-44(63)35-34(40-48(41)70-33-23-30(22-31(60)39(33)54-40)58-19-14-29(15-20-58)57-17-9-8-10-18-57)36-46(27(4)43(35)62)71-51(6,49(36)56-66)68-21-16-32(67-7)26(3)47(69-28(5)59)38(53)45(64)37(52)42(24)61/h11-13,16,21-24,26,29,32,37-38,42,45,47,56,61-62,64,66H,8-10,14-15,17-20,52-53H2,1-7H3,(H,55,65)/b12-11+,21-16?,25-13-/t24-,26+,32-,37+,38+,42-,45+,47+,51-/m0/s1. The van der Waals surface area contributed by atoms with E-state index in [2.05, 4.69) is 20.6 Å². The van der Waals surface area contributed by atoms with Crippen LogP contribution in [0.3, 0.4) is 0 Å². The molecule has 4 aliphatic heterocycles. The van der Waals surface area contributed by atoms with Crippen LogP contribution in [-0.4, -0.2) is 124 Å². The van der Waals surface area contributed by atoms with Crippen molar-refractivity contribution in [1.82, 2.24) is 15.4 Å². The molecule has 0 spiro atoms. The molecule has 4 bridgehead atoms. The summed E-state index contributed by atoms with van der Waals surface area (Å²) in [6.07, 6.45) is 7.52. The van der Waals surface area contributed by atoms with E-state index >= 15 is 4.79 Å². The number of rotatable bonds is 5. The number of phenolic OH excluding ortho intramolecular Hbond substituents is 1. The van der Waals surface area contributed by atoms with Crippen molar-refractivity contribution in [3.8, 4) is 11.5 Å². The third-order valence-corrected chi connectivity index (χ3v) is 14.7. The molecule has 20 nitrogen and oxygen atoms in total. The van der Waals surface area contributed by atoms with Crippen LogP contribution in [0.25, 0.3) is 38.7 Å². The van der Waals surface area contributed by atoms with Gasteiger partial charge in [-0.15, -0.1) is 0 Å². The van der Waals surface area contributed by atoms with Crippen LogP contribution in [0.1, 0.15) is 72.3 Å². The Balaban J connectivity index is 1.33. The van der Waals surface area contributed by atoms with Gasteiger partial charge >= 0.3 is 5.97 Å². The lowest BCUT2D eigenvalue weighted by Crippen LogP contribution is -2.60. The number of methoxy groups -OCH3 is 1. The molecule has 0 radical (unpaired) electrons. The number of aliphatic hydroxyl groups excluding tert-OH is 2. The quantitative estimate of drug-likeness (QED) is 0.0617. The average molecular weight is 984 g/mol. The van der Waals surface area contributed by atoms with Crippen molar-refractivity contribution in [2.45, 2.75) is 122 Å². The van der Waals surface area contributed by atoms with Gasteiger partial charge in [-0.25, -0.2) is 4.98 Å². The lowest BCUT2D eigenvalue weighted by molar-refractivity contribution is -0.155. The van der Waals surface area contributed by atoms with Crippen LogP contribution >= 0.6 is 0 Å². The van der Waals surface area contributed by atoms with E-state index in [1.807, 2.05) is 0 Å². The number of hydrogen-bond donors (Lipinski definition) is 8. The van der Waals surface area contributed by atoms with Crippen LogP contribution in [0.4, 0.5) is 11.4 Å². The molecule has 1 aromatic heterocycles. The molecule has 10 N–H and O–H groups in total. The van der Waals surface area contributed by atoms with Crippen LogP contribution in [0.5, 0.6) is 11.5 Å². The minimum atomic E-state index is -1.93. The van der Waals surface area contributed by atoms with Crippen molar-refractivity contribution >= 4 is 61.9 Å². The van der Waals surface area contributed by atoms with Crippen molar-refractivity contribution in [2.24, 2.45) is 23.3 Å². The number of piperidine rings is 2. The number of nitrogens with one attached hydrogen (secondary N) is 2. The van der Waals surface area contributed by atoms with Gasteiger partial charge < -0.3 is 65.3 Å². The Bertz CT molecular complexity index is 3000. The first-order valence-corrected chi connectivity index (χ1v) is 24.1. The molecule has 1 amide bonds.